The van der Waals surface area contributed by atoms with Crippen LogP contribution in [0.2, 0.25) is 10.0 Å². The van der Waals surface area contributed by atoms with Crippen molar-refractivity contribution in [3.8, 4) is 16.9 Å². The third-order valence-electron chi connectivity index (χ3n) is 5.94. The number of halogens is 2. The SMILES string of the molecule is Clc1cc2c(c(-c3ccnc4cc(Cl)ccc34)c1)OC(c1[nH]nc3c1CNCC3)C2. The van der Waals surface area contributed by atoms with E-state index >= 15 is 0 Å². The van der Waals surface area contributed by atoms with E-state index < -0.39 is 0 Å². The first kappa shape index (κ1) is 18.2. The normalized spacial score (nSPS) is 17.6. The summed E-state index contributed by atoms with van der Waals surface area (Å²) in [6.45, 7) is 1.78. The van der Waals surface area contributed by atoms with Gasteiger partial charge in [0.05, 0.1) is 16.9 Å². The van der Waals surface area contributed by atoms with Crippen LogP contribution in [0, 0.1) is 0 Å². The molecule has 0 radical (unpaired) electrons. The Hall–Kier alpha value is -2.60. The van der Waals surface area contributed by atoms with Crippen molar-refractivity contribution in [3.05, 3.63) is 75.2 Å². The molecule has 0 fully saturated rings. The van der Waals surface area contributed by atoms with Gasteiger partial charge >= 0.3 is 0 Å². The molecule has 2 aromatic carbocycles. The third-order valence-corrected chi connectivity index (χ3v) is 6.39. The molecule has 6 rings (SSSR count). The van der Waals surface area contributed by atoms with Crippen LogP contribution in [0.15, 0.2) is 42.6 Å². The lowest BCUT2D eigenvalue weighted by Crippen LogP contribution is -2.24. The molecule has 4 aromatic rings. The zero-order chi connectivity index (χ0) is 20.2. The summed E-state index contributed by atoms with van der Waals surface area (Å²) in [7, 11) is 0. The van der Waals surface area contributed by atoms with Crippen LogP contribution in [0.5, 0.6) is 5.75 Å². The van der Waals surface area contributed by atoms with Gasteiger partial charge in [0.2, 0.25) is 0 Å². The summed E-state index contributed by atoms with van der Waals surface area (Å²) >= 11 is 12.7. The molecule has 5 nitrogen and oxygen atoms in total. The van der Waals surface area contributed by atoms with Crippen LogP contribution in [0.25, 0.3) is 22.0 Å². The number of pyridine rings is 1. The van der Waals surface area contributed by atoms with E-state index in [-0.39, 0.29) is 6.10 Å². The van der Waals surface area contributed by atoms with Crippen LogP contribution in [0.4, 0.5) is 0 Å². The zero-order valence-electron chi connectivity index (χ0n) is 16.0. The highest BCUT2D eigenvalue weighted by Crippen LogP contribution is 2.46. The number of aromatic amines is 1. The fourth-order valence-corrected chi connectivity index (χ4v) is 4.96. The summed E-state index contributed by atoms with van der Waals surface area (Å²) in [6, 6.07) is 11.7. The molecule has 7 heteroatoms. The molecule has 0 amide bonds. The average Bonchev–Trinajstić information content (AvgIpc) is 3.36. The maximum absolute atomic E-state index is 6.53. The Morgan fingerprint density at radius 2 is 1.97 bits per heavy atom. The Morgan fingerprint density at radius 3 is 2.90 bits per heavy atom. The molecule has 0 spiro atoms. The first-order valence-corrected chi connectivity index (χ1v) is 10.7. The predicted molar refractivity (Wildman–Crippen MR) is 118 cm³/mol. The Bertz CT molecular complexity index is 1300. The number of H-pyrrole nitrogens is 1. The molecule has 0 aliphatic carbocycles. The highest BCUT2D eigenvalue weighted by Gasteiger charge is 2.32. The molecule has 4 heterocycles. The van der Waals surface area contributed by atoms with E-state index in [9.17, 15) is 0 Å². The molecular formula is C23H18Cl2N4O. The average molecular weight is 437 g/mol. The monoisotopic (exact) mass is 436 g/mol. The fraction of sp³-hybridized carbons (Fsp3) is 0.217. The highest BCUT2D eigenvalue weighted by molar-refractivity contribution is 6.31. The predicted octanol–water partition coefficient (Wildman–Crippen LogP) is 5.25. The van der Waals surface area contributed by atoms with Crippen molar-refractivity contribution in [3.63, 3.8) is 0 Å². The van der Waals surface area contributed by atoms with Crippen molar-refractivity contribution in [2.75, 3.05) is 6.54 Å². The topological polar surface area (TPSA) is 62.8 Å². The standard InChI is InChI=1S/C23H18Cl2N4O/c24-13-1-2-16-15(3-6-27-20(16)10-13)17-9-14(25)7-12-8-21(30-23(12)17)22-18-11-26-5-4-19(18)28-29-22/h1-3,6-7,9-10,21,26H,4-5,8,11H2,(H,28,29). The summed E-state index contributed by atoms with van der Waals surface area (Å²) in [4.78, 5) is 4.47. The Morgan fingerprint density at radius 1 is 1.03 bits per heavy atom. The van der Waals surface area contributed by atoms with Crippen LogP contribution in [0.3, 0.4) is 0 Å². The number of fused-ring (bicyclic) bond motifs is 3. The largest absolute Gasteiger partial charge is 0.483 e. The molecule has 150 valence electrons. The van der Waals surface area contributed by atoms with Gasteiger partial charge in [0, 0.05) is 64.2 Å². The van der Waals surface area contributed by atoms with Crippen LogP contribution in [-0.2, 0) is 19.4 Å². The van der Waals surface area contributed by atoms with E-state index in [2.05, 4.69) is 20.5 Å². The molecule has 2 aliphatic heterocycles. The van der Waals surface area contributed by atoms with Crippen molar-refractivity contribution >= 4 is 34.1 Å². The summed E-state index contributed by atoms with van der Waals surface area (Å²) in [6.07, 6.45) is 3.39. The molecule has 0 saturated heterocycles. The van der Waals surface area contributed by atoms with E-state index in [0.29, 0.717) is 10.0 Å². The number of nitrogens with one attached hydrogen (secondary N) is 2. The first-order chi connectivity index (χ1) is 14.7. The highest BCUT2D eigenvalue weighted by atomic mass is 35.5. The second kappa shape index (κ2) is 6.98. The van der Waals surface area contributed by atoms with Crippen molar-refractivity contribution in [1.29, 1.82) is 0 Å². The lowest BCUT2D eigenvalue weighted by molar-refractivity contribution is 0.232. The molecule has 0 bridgehead atoms. The Balaban J connectivity index is 1.46. The van der Waals surface area contributed by atoms with Crippen molar-refractivity contribution in [2.24, 2.45) is 0 Å². The van der Waals surface area contributed by atoms with Crippen LogP contribution >= 0.6 is 23.2 Å². The van der Waals surface area contributed by atoms with Crippen LogP contribution < -0.4 is 10.1 Å². The number of hydrogen-bond donors (Lipinski definition) is 2. The second-order valence-corrected chi connectivity index (χ2v) is 8.63. The second-order valence-electron chi connectivity index (χ2n) is 7.76. The van der Waals surface area contributed by atoms with E-state index in [1.807, 2.05) is 36.4 Å². The van der Waals surface area contributed by atoms with Crippen molar-refractivity contribution in [2.45, 2.75) is 25.5 Å². The van der Waals surface area contributed by atoms with Gasteiger partial charge in [0.15, 0.2) is 0 Å². The first-order valence-electron chi connectivity index (χ1n) is 9.98. The maximum atomic E-state index is 6.53. The molecule has 1 unspecified atom stereocenters. The number of aromatic nitrogens is 3. The zero-order valence-corrected chi connectivity index (χ0v) is 17.5. The summed E-state index contributed by atoms with van der Waals surface area (Å²) in [5, 5.41) is 13.6. The number of ether oxygens (including phenoxy) is 1. The summed E-state index contributed by atoms with van der Waals surface area (Å²) < 4.78 is 6.53. The van der Waals surface area contributed by atoms with Crippen LogP contribution in [0.1, 0.15) is 28.6 Å². The quantitative estimate of drug-likeness (QED) is 0.450. The van der Waals surface area contributed by atoms with Gasteiger partial charge in [-0.25, -0.2) is 0 Å². The van der Waals surface area contributed by atoms with Gasteiger partial charge in [-0.05, 0) is 35.9 Å². The van der Waals surface area contributed by atoms with E-state index in [0.717, 1.165) is 70.7 Å². The summed E-state index contributed by atoms with van der Waals surface area (Å²) in [5.74, 6) is 0.874. The van der Waals surface area contributed by atoms with Gasteiger partial charge in [0.1, 0.15) is 11.9 Å². The van der Waals surface area contributed by atoms with Crippen LogP contribution in [-0.4, -0.2) is 21.7 Å². The number of benzene rings is 2. The van der Waals surface area contributed by atoms with Crippen molar-refractivity contribution < 1.29 is 4.74 Å². The minimum absolute atomic E-state index is 0.101. The van der Waals surface area contributed by atoms with Gasteiger partial charge in [-0.2, -0.15) is 5.10 Å². The third kappa shape index (κ3) is 2.88. The molecular weight excluding hydrogens is 419 g/mol. The number of rotatable bonds is 2. The Labute approximate surface area is 183 Å². The van der Waals surface area contributed by atoms with E-state index in [1.165, 1.54) is 5.56 Å². The minimum atomic E-state index is -0.101. The van der Waals surface area contributed by atoms with Crippen molar-refractivity contribution in [1.82, 2.24) is 20.5 Å². The lowest BCUT2D eigenvalue weighted by Gasteiger charge is -2.17. The van der Waals surface area contributed by atoms with E-state index in [4.69, 9.17) is 27.9 Å². The van der Waals surface area contributed by atoms with E-state index in [1.54, 1.807) is 6.20 Å². The lowest BCUT2D eigenvalue weighted by atomic mass is 9.97. The molecule has 2 aliphatic rings. The molecule has 1 atom stereocenters. The number of hydrogen-bond acceptors (Lipinski definition) is 4. The summed E-state index contributed by atoms with van der Waals surface area (Å²) in [5.41, 5.74) is 7.38. The Kier molecular flexibility index (Phi) is 4.23. The fourth-order valence-electron chi connectivity index (χ4n) is 4.55. The van der Waals surface area contributed by atoms with Gasteiger partial charge in [-0.3, -0.25) is 10.1 Å². The molecule has 2 aromatic heterocycles. The van der Waals surface area contributed by atoms with Gasteiger partial charge in [-0.15, -0.1) is 0 Å². The molecule has 0 saturated carbocycles. The van der Waals surface area contributed by atoms with Gasteiger partial charge < -0.3 is 10.1 Å². The van der Waals surface area contributed by atoms with Gasteiger partial charge in [0.25, 0.3) is 0 Å². The maximum Gasteiger partial charge on any atom is 0.144 e. The molecule has 30 heavy (non-hydrogen) atoms. The molecule has 2 N–H and O–H groups in total. The smallest absolute Gasteiger partial charge is 0.144 e. The number of nitrogens with zero attached hydrogens (tertiary/aromatic N) is 2. The minimum Gasteiger partial charge on any atom is -0.483 e. The van der Waals surface area contributed by atoms with Gasteiger partial charge in [-0.1, -0.05) is 29.3 Å².